The van der Waals surface area contributed by atoms with Gasteiger partial charge < -0.3 is 10.1 Å². The van der Waals surface area contributed by atoms with Gasteiger partial charge in [-0.25, -0.2) is 0 Å². The van der Waals surface area contributed by atoms with Crippen LogP contribution in [-0.4, -0.2) is 55.1 Å². The first-order valence-corrected chi connectivity index (χ1v) is 7.60. The standard InChI is InChI=1S/C15H22N4OS/c1-13(14-5-3-2-4-6-14)17-18-15(21)16-7-8-19-9-11-20-12-10-19/h2-6H,7-12H2,1H3,(H2,16,18,21)/b17-13+. The summed E-state index contributed by atoms with van der Waals surface area (Å²) in [6, 6.07) is 10.0. The van der Waals surface area contributed by atoms with Crippen LogP contribution in [0, 0.1) is 0 Å². The molecule has 0 bridgehead atoms. The number of rotatable bonds is 5. The van der Waals surface area contributed by atoms with Crippen molar-refractivity contribution in [3.05, 3.63) is 35.9 Å². The summed E-state index contributed by atoms with van der Waals surface area (Å²) in [5, 5.41) is 8.01. The average Bonchev–Trinajstić information content (AvgIpc) is 2.54. The molecule has 2 rings (SSSR count). The van der Waals surface area contributed by atoms with E-state index in [-0.39, 0.29) is 0 Å². The van der Waals surface area contributed by atoms with E-state index in [9.17, 15) is 0 Å². The van der Waals surface area contributed by atoms with Gasteiger partial charge in [-0.2, -0.15) is 5.10 Å². The molecule has 1 saturated heterocycles. The summed E-state index contributed by atoms with van der Waals surface area (Å²) in [5.41, 5.74) is 4.88. The molecular weight excluding hydrogens is 284 g/mol. The Hall–Kier alpha value is -1.50. The quantitative estimate of drug-likeness (QED) is 0.486. The van der Waals surface area contributed by atoms with Gasteiger partial charge in [0.2, 0.25) is 0 Å². The molecule has 2 N–H and O–H groups in total. The number of hydrogen-bond acceptors (Lipinski definition) is 4. The van der Waals surface area contributed by atoms with Crippen molar-refractivity contribution in [2.75, 3.05) is 39.4 Å². The summed E-state index contributed by atoms with van der Waals surface area (Å²) in [6.07, 6.45) is 0. The molecule has 5 nitrogen and oxygen atoms in total. The number of ether oxygens (including phenoxy) is 1. The van der Waals surface area contributed by atoms with Gasteiger partial charge in [0.05, 0.1) is 18.9 Å². The number of nitrogens with zero attached hydrogens (tertiary/aromatic N) is 2. The molecule has 6 heteroatoms. The molecule has 0 atom stereocenters. The number of hydrazone groups is 1. The fraction of sp³-hybridized carbons (Fsp3) is 0.467. The van der Waals surface area contributed by atoms with Crippen LogP contribution in [0.25, 0.3) is 0 Å². The third-order valence-electron chi connectivity index (χ3n) is 3.33. The summed E-state index contributed by atoms with van der Waals surface area (Å²) < 4.78 is 5.32. The average molecular weight is 306 g/mol. The number of benzene rings is 1. The topological polar surface area (TPSA) is 48.9 Å². The zero-order valence-electron chi connectivity index (χ0n) is 12.3. The lowest BCUT2D eigenvalue weighted by molar-refractivity contribution is 0.0389. The number of thiocarbonyl (C=S) groups is 1. The van der Waals surface area contributed by atoms with Crippen LogP contribution in [0.5, 0.6) is 0 Å². The lowest BCUT2D eigenvalue weighted by atomic mass is 10.1. The van der Waals surface area contributed by atoms with Gasteiger partial charge >= 0.3 is 0 Å². The number of morpholine rings is 1. The summed E-state index contributed by atoms with van der Waals surface area (Å²) in [7, 11) is 0. The van der Waals surface area contributed by atoms with Gasteiger partial charge in [-0.05, 0) is 24.7 Å². The van der Waals surface area contributed by atoms with E-state index in [4.69, 9.17) is 17.0 Å². The van der Waals surface area contributed by atoms with Gasteiger partial charge in [0.25, 0.3) is 0 Å². The van der Waals surface area contributed by atoms with Crippen LogP contribution in [0.3, 0.4) is 0 Å². The summed E-state index contributed by atoms with van der Waals surface area (Å²) in [5.74, 6) is 0. The minimum atomic E-state index is 0.554. The molecule has 0 unspecified atom stereocenters. The van der Waals surface area contributed by atoms with Gasteiger partial charge in [0.15, 0.2) is 5.11 Å². The Morgan fingerprint density at radius 2 is 2.00 bits per heavy atom. The van der Waals surface area contributed by atoms with Gasteiger partial charge in [-0.3, -0.25) is 10.3 Å². The highest BCUT2D eigenvalue weighted by Crippen LogP contribution is 1.99. The zero-order valence-corrected chi connectivity index (χ0v) is 13.2. The SMILES string of the molecule is C/C(=N\NC(=S)NCCN1CCOCC1)c1ccccc1. The normalized spacial score (nSPS) is 16.5. The van der Waals surface area contributed by atoms with E-state index in [0.29, 0.717) is 5.11 Å². The van der Waals surface area contributed by atoms with E-state index in [1.165, 1.54) is 0 Å². The van der Waals surface area contributed by atoms with E-state index in [0.717, 1.165) is 50.7 Å². The van der Waals surface area contributed by atoms with Crippen LogP contribution in [0.2, 0.25) is 0 Å². The fourth-order valence-corrected chi connectivity index (χ4v) is 2.22. The minimum Gasteiger partial charge on any atom is -0.379 e. The van der Waals surface area contributed by atoms with E-state index in [1.54, 1.807) is 0 Å². The second kappa shape index (κ2) is 8.71. The Bertz CT molecular complexity index is 472. The third-order valence-corrected chi connectivity index (χ3v) is 3.57. The summed E-state index contributed by atoms with van der Waals surface area (Å²) in [6.45, 7) is 7.36. The Labute approximate surface area is 131 Å². The van der Waals surface area contributed by atoms with Crippen LogP contribution in [0.4, 0.5) is 0 Å². The van der Waals surface area contributed by atoms with Crippen LogP contribution in [-0.2, 0) is 4.74 Å². The fourth-order valence-electron chi connectivity index (χ4n) is 2.07. The molecule has 1 aliphatic rings. The highest BCUT2D eigenvalue weighted by atomic mass is 32.1. The lowest BCUT2D eigenvalue weighted by Gasteiger charge is -2.26. The minimum absolute atomic E-state index is 0.554. The van der Waals surface area contributed by atoms with Crippen LogP contribution in [0.15, 0.2) is 35.4 Å². The van der Waals surface area contributed by atoms with Gasteiger partial charge in [-0.1, -0.05) is 30.3 Å². The monoisotopic (exact) mass is 306 g/mol. The van der Waals surface area contributed by atoms with E-state index in [1.807, 2.05) is 37.3 Å². The zero-order chi connectivity index (χ0) is 14.9. The molecule has 1 aromatic carbocycles. The van der Waals surface area contributed by atoms with Crippen molar-refractivity contribution in [3.63, 3.8) is 0 Å². The molecule has 1 heterocycles. The Balaban J connectivity index is 1.67. The molecule has 21 heavy (non-hydrogen) atoms. The largest absolute Gasteiger partial charge is 0.379 e. The maximum Gasteiger partial charge on any atom is 0.187 e. The Kier molecular flexibility index (Phi) is 6.59. The number of nitrogens with one attached hydrogen (secondary N) is 2. The third kappa shape index (κ3) is 5.79. The highest BCUT2D eigenvalue weighted by molar-refractivity contribution is 7.80. The number of hydrogen-bond donors (Lipinski definition) is 2. The molecule has 0 radical (unpaired) electrons. The maximum absolute atomic E-state index is 5.32. The molecule has 114 valence electrons. The summed E-state index contributed by atoms with van der Waals surface area (Å²) >= 11 is 5.22. The Morgan fingerprint density at radius 1 is 1.29 bits per heavy atom. The van der Waals surface area contributed by atoms with Crippen molar-refractivity contribution in [1.29, 1.82) is 0 Å². The first-order chi connectivity index (χ1) is 10.3. The molecule has 0 amide bonds. The molecule has 1 aromatic rings. The molecular formula is C15H22N4OS. The first kappa shape index (κ1) is 15.9. The highest BCUT2D eigenvalue weighted by Gasteiger charge is 2.09. The molecule has 0 aromatic heterocycles. The molecule has 0 spiro atoms. The second-order valence-corrected chi connectivity index (χ2v) is 5.29. The van der Waals surface area contributed by atoms with Crippen molar-refractivity contribution >= 4 is 23.0 Å². The predicted molar refractivity (Wildman–Crippen MR) is 89.6 cm³/mol. The lowest BCUT2D eigenvalue weighted by Crippen LogP contribution is -2.42. The first-order valence-electron chi connectivity index (χ1n) is 7.19. The van der Waals surface area contributed by atoms with E-state index in [2.05, 4.69) is 20.7 Å². The van der Waals surface area contributed by atoms with Gasteiger partial charge in [0.1, 0.15) is 0 Å². The predicted octanol–water partition coefficient (Wildman–Crippen LogP) is 1.21. The van der Waals surface area contributed by atoms with Crippen LogP contribution in [0.1, 0.15) is 12.5 Å². The Morgan fingerprint density at radius 3 is 2.71 bits per heavy atom. The van der Waals surface area contributed by atoms with Crippen LogP contribution >= 0.6 is 12.2 Å². The van der Waals surface area contributed by atoms with E-state index >= 15 is 0 Å². The smallest absolute Gasteiger partial charge is 0.187 e. The molecule has 1 aliphatic heterocycles. The maximum atomic E-state index is 5.32. The molecule has 0 saturated carbocycles. The van der Waals surface area contributed by atoms with Crippen LogP contribution < -0.4 is 10.7 Å². The van der Waals surface area contributed by atoms with Crippen molar-refractivity contribution in [3.8, 4) is 0 Å². The second-order valence-electron chi connectivity index (χ2n) is 4.88. The molecule has 0 aliphatic carbocycles. The van der Waals surface area contributed by atoms with Crippen molar-refractivity contribution in [2.24, 2.45) is 5.10 Å². The van der Waals surface area contributed by atoms with Crippen molar-refractivity contribution in [1.82, 2.24) is 15.6 Å². The summed E-state index contributed by atoms with van der Waals surface area (Å²) in [4.78, 5) is 2.36. The molecule has 1 fully saturated rings. The van der Waals surface area contributed by atoms with Crippen molar-refractivity contribution in [2.45, 2.75) is 6.92 Å². The van der Waals surface area contributed by atoms with Crippen molar-refractivity contribution < 1.29 is 4.74 Å². The van der Waals surface area contributed by atoms with Gasteiger partial charge in [0, 0.05) is 26.2 Å². The van der Waals surface area contributed by atoms with Gasteiger partial charge in [-0.15, -0.1) is 0 Å². The van der Waals surface area contributed by atoms with E-state index < -0.39 is 0 Å².